The second kappa shape index (κ2) is 6.72. The van der Waals surface area contributed by atoms with E-state index >= 15 is 0 Å². The second-order valence-electron chi connectivity index (χ2n) is 5.70. The van der Waals surface area contributed by atoms with Crippen LogP contribution in [0.5, 0.6) is 5.75 Å². The van der Waals surface area contributed by atoms with Crippen molar-refractivity contribution < 1.29 is 9.50 Å². The summed E-state index contributed by atoms with van der Waals surface area (Å²) in [5.74, 6) is 0.0972. The highest BCUT2D eigenvalue weighted by molar-refractivity contribution is 5.35. The van der Waals surface area contributed by atoms with Crippen LogP contribution in [-0.2, 0) is 6.54 Å². The average Bonchev–Trinajstić information content (AvgIpc) is 2.45. The lowest BCUT2D eigenvalue weighted by molar-refractivity contribution is 0.446. The molecule has 0 saturated carbocycles. The van der Waals surface area contributed by atoms with E-state index in [1.807, 2.05) is 6.92 Å². The molecule has 0 aromatic heterocycles. The lowest BCUT2D eigenvalue weighted by atomic mass is 10.0. The van der Waals surface area contributed by atoms with Crippen molar-refractivity contribution in [2.45, 2.75) is 39.3 Å². The van der Waals surface area contributed by atoms with Crippen molar-refractivity contribution in [2.75, 3.05) is 0 Å². The first-order valence-electron chi connectivity index (χ1n) is 7.28. The van der Waals surface area contributed by atoms with Crippen LogP contribution in [0, 0.1) is 5.82 Å². The van der Waals surface area contributed by atoms with Crippen molar-refractivity contribution in [3.63, 3.8) is 0 Å². The van der Waals surface area contributed by atoms with Gasteiger partial charge in [-0.15, -0.1) is 0 Å². The van der Waals surface area contributed by atoms with Gasteiger partial charge in [0.1, 0.15) is 11.6 Å². The first-order valence-corrected chi connectivity index (χ1v) is 7.28. The Morgan fingerprint density at radius 3 is 2.29 bits per heavy atom. The lowest BCUT2D eigenvalue weighted by Crippen LogP contribution is -2.18. The fraction of sp³-hybridized carbons (Fsp3) is 0.333. The van der Waals surface area contributed by atoms with Crippen LogP contribution in [0.2, 0.25) is 0 Å². The van der Waals surface area contributed by atoms with Gasteiger partial charge in [0.2, 0.25) is 0 Å². The van der Waals surface area contributed by atoms with Gasteiger partial charge in [0.05, 0.1) is 0 Å². The first-order chi connectivity index (χ1) is 9.97. The minimum Gasteiger partial charge on any atom is -0.508 e. The number of halogens is 1. The van der Waals surface area contributed by atoms with Gasteiger partial charge in [-0.2, -0.15) is 0 Å². The highest BCUT2D eigenvalue weighted by atomic mass is 19.1. The van der Waals surface area contributed by atoms with E-state index in [0.29, 0.717) is 18.0 Å². The molecule has 0 aliphatic carbocycles. The standard InChI is InChI=1S/C18H22FNO/c1-12(2)15-6-4-14(5-7-15)11-20-13(3)17-9-8-16(19)10-18(17)21/h4-10,12-13,20-21H,11H2,1-3H3. The van der Waals surface area contributed by atoms with Crippen molar-refractivity contribution >= 4 is 0 Å². The smallest absolute Gasteiger partial charge is 0.126 e. The van der Waals surface area contributed by atoms with Crippen molar-refractivity contribution in [1.82, 2.24) is 5.32 Å². The molecule has 0 radical (unpaired) electrons. The van der Waals surface area contributed by atoms with Crippen molar-refractivity contribution in [3.8, 4) is 5.75 Å². The zero-order valence-electron chi connectivity index (χ0n) is 12.7. The lowest BCUT2D eigenvalue weighted by Gasteiger charge is -2.16. The molecule has 21 heavy (non-hydrogen) atoms. The van der Waals surface area contributed by atoms with Crippen LogP contribution >= 0.6 is 0 Å². The Hall–Kier alpha value is -1.87. The monoisotopic (exact) mass is 287 g/mol. The van der Waals surface area contributed by atoms with Crippen LogP contribution in [0.15, 0.2) is 42.5 Å². The Morgan fingerprint density at radius 2 is 1.71 bits per heavy atom. The molecule has 0 spiro atoms. The van der Waals surface area contributed by atoms with Gasteiger partial charge in [0, 0.05) is 24.2 Å². The molecule has 0 aliphatic heterocycles. The summed E-state index contributed by atoms with van der Waals surface area (Å²) < 4.78 is 13.0. The molecule has 0 amide bonds. The highest BCUT2D eigenvalue weighted by Crippen LogP contribution is 2.25. The Bertz CT molecular complexity index is 593. The Labute approximate surface area is 125 Å². The van der Waals surface area contributed by atoms with Crippen LogP contribution in [0.4, 0.5) is 4.39 Å². The van der Waals surface area contributed by atoms with Crippen molar-refractivity contribution in [3.05, 3.63) is 65.0 Å². The zero-order valence-corrected chi connectivity index (χ0v) is 12.7. The van der Waals surface area contributed by atoms with E-state index < -0.39 is 5.82 Å². The number of benzene rings is 2. The topological polar surface area (TPSA) is 32.3 Å². The molecule has 3 heteroatoms. The van der Waals surface area contributed by atoms with Gasteiger partial charge >= 0.3 is 0 Å². The molecule has 2 rings (SSSR count). The van der Waals surface area contributed by atoms with Gasteiger partial charge in [-0.05, 0) is 30.0 Å². The molecule has 2 nitrogen and oxygen atoms in total. The molecule has 2 N–H and O–H groups in total. The molecule has 0 bridgehead atoms. The van der Waals surface area contributed by atoms with Gasteiger partial charge in [-0.25, -0.2) is 4.39 Å². The van der Waals surface area contributed by atoms with Gasteiger partial charge < -0.3 is 10.4 Å². The summed E-state index contributed by atoms with van der Waals surface area (Å²) in [5.41, 5.74) is 3.21. The molecular formula is C18H22FNO. The van der Waals surface area contributed by atoms with Crippen molar-refractivity contribution in [2.24, 2.45) is 0 Å². The molecule has 0 aliphatic rings. The Morgan fingerprint density at radius 1 is 1.05 bits per heavy atom. The predicted octanol–water partition coefficient (Wildman–Crippen LogP) is 4.51. The zero-order chi connectivity index (χ0) is 15.4. The molecule has 1 atom stereocenters. The number of hydrogen-bond acceptors (Lipinski definition) is 2. The summed E-state index contributed by atoms with van der Waals surface area (Å²) in [4.78, 5) is 0. The van der Waals surface area contributed by atoms with E-state index in [-0.39, 0.29) is 11.8 Å². The van der Waals surface area contributed by atoms with Crippen LogP contribution in [0.25, 0.3) is 0 Å². The van der Waals surface area contributed by atoms with Crippen molar-refractivity contribution in [1.29, 1.82) is 0 Å². The van der Waals surface area contributed by atoms with E-state index in [1.54, 1.807) is 6.07 Å². The molecular weight excluding hydrogens is 265 g/mol. The molecule has 0 heterocycles. The second-order valence-corrected chi connectivity index (χ2v) is 5.70. The summed E-state index contributed by atoms with van der Waals surface area (Å²) in [5, 5.41) is 13.1. The number of nitrogens with one attached hydrogen (secondary N) is 1. The summed E-state index contributed by atoms with van der Waals surface area (Å²) in [6.45, 7) is 7.01. The molecule has 2 aromatic carbocycles. The highest BCUT2D eigenvalue weighted by Gasteiger charge is 2.10. The largest absolute Gasteiger partial charge is 0.508 e. The minimum atomic E-state index is -0.423. The maximum absolute atomic E-state index is 13.0. The Balaban J connectivity index is 1.98. The van der Waals surface area contributed by atoms with E-state index in [4.69, 9.17) is 0 Å². The molecule has 0 saturated heterocycles. The number of phenols is 1. The summed E-state index contributed by atoms with van der Waals surface area (Å²) in [7, 11) is 0. The number of rotatable bonds is 5. The van der Waals surface area contributed by atoms with Crippen LogP contribution < -0.4 is 5.32 Å². The number of aromatic hydroxyl groups is 1. The van der Waals surface area contributed by atoms with E-state index in [0.717, 1.165) is 6.07 Å². The predicted molar refractivity (Wildman–Crippen MR) is 83.9 cm³/mol. The third kappa shape index (κ3) is 4.05. The molecule has 2 aromatic rings. The van der Waals surface area contributed by atoms with Gasteiger partial charge in [0.25, 0.3) is 0 Å². The van der Waals surface area contributed by atoms with Gasteiger partial charge in [-0.1, -0.05) is 44.2 Å². The Kier molecular flexibility index (Phi) is 4.97. The van der Waals surface area contributed by atoms with Crippen LogP contribution in [0.3, 0.4) is 0 Å². The molecule has 0 fully saturated rings. The number of hydrogen-bond donors (Lipinski definition) is 2. The summed E-state index contributed by atoms with van der Waals surface area (Å²) in [6, 6.07) is 12.6. The van der Waals surface area contributed by atoms with Gasteiger partial charge in [0.15, 0.2) is 0 Å². The average molecular weight is 287 g/mol. The number of phenolic OH excluding ortho intramolecular Hbond substituents is 1. The minimum absolute atomic E-state index is 0.00912. The SMILES string of the molecule is CC(C)c1ccc(CNC(C)c2ccc(F)cc2O)cc1. The summed E-state index contributed by atoms with van der Waals surface area (Å²) >= 11 is 0. The normalized spacial score (nSPS) is 12.6. The van der Waals surface area contributed by atoms with E-state index in [1.165, 1.54) is 17.2 Å². The fourth-order valence-corrected chi connectivity index (χ4v) is 2.28. The van der Waals surface area contributed by atoms with Crippen LogP contribution in [-0.4, -0.2) is 5.11 Å². The molecule has 1 unspecified atom stereocenters. The quantitative estimate of drug-likeness (QED) is 0.848. The summed E-state index contributed by atoms with van der Waals surface area (Å²) in [6.07, 6.45) is 0. The maximum Gasteiger partial charge on any atom is 0.126 e. The van der Waals surface area contributed by atoms with E-state index in [9.17, 15) is 9.50 Å². The maximum atomic E-state index is 13.0. The van der Waals surface area contributed by atoms with Gasteiger partial charge in [-0.3, -0.25) is 0 Å². The fourth-order valence-electron chi connectivity index (χ4n) is 2.28. The third-order valence-corrected chi connectivity index (χ3v) is 3.72. The van der Waals surface area contributed by atoms with E-state index in [2.05, 4.69) is 43.4 Å². The van der Waals surface area contributed by atoms with Crippen LogP contribution in [0.1, 0.15) is 49.4 Å². The molecule has 112 valence electrons. The third-order valence-electron chi connectivity index (χ3n) is 3.72. The first kappa shape index (κ1) is 15.5.